The number of likely N-dealkylation sites (tertiary alicyclic amines) is 1. The number of hydrogen-bond acceptors (Lipinski definition) is 6. The second-order valence-electron chi connectivity index (χ2n) is 8.63. The van der Waals surface area contributed by atoms with E-state index < -0.39 is 35.5 Å². The van der Waals surface area contributed by atoms with Gasteiger partial charge < -0.3 is 19.1 Å². The molecule has 2 atom stereocenters. The average molecular weight is 454 g/mol. The largest absolute Gasteiger partial charge is 0.469 e. The summed E-state index contributed by atoms with van der Waals surface area (Å²) in [6.45, 7) is 9.63. The van der Waals surface area contributed by atoms with E-state index in [1.165, 1.54) is 12.0 Å². The van der Waals surface area contributed by atoms with Gasteiger partial charge in [-0.1, -0.05) is 31.0 Å². The van der Waals surface area contributed by atoms with Crippen molar-refractivity contribution in [3.8, 4) is 0 Å². The fraction of sp³-hybridized carbons (Fsp3) is 0.609. The van der Waals surface area contributed by atoms with Crippen LogP contribution in [0.1, 0.15) is 68.4 Å². The molecule has 1 amide bonds. The summed E-state index contributed by atoms with van der Waals surface area (Å²) in [5.41, 5.74) is 1.11. The van der Waals surface area contributed by atoms with Gasteiger partial charge in [0.05, 0.1) is 30.2 Å². The molecule has 31 heavy (non-hydrogen) atoms. The number of aryl methyl sites for hydroxylation is 1. The molecule has 0 spiro atoms. The first-order chi connectivity index (χ1) is 14.5. The molecule has 0 aromatic heterocycles. The van der Waals surface area contributed by atoms with Gasteiger partial charge in [0.15, 0.2) is 0 Å². The molecule has 8 heteroatoms. The van der Waals surface area contributed by atoms with Crippen LogP contribution in [0, 0.1) is 5.92 Å². The van der Waals surface area contributed by atoms with Crippen molar-refractivity contribution in [2.24, 2.45) is 5.92 Å². The highest BCUT2D eigenvalue weighted by atomic mass is 35.5. The van der Waals surface area contributed by atoms with Gasteiger partial charge in [0.1, 0.15) is 5.60 Å². The van der Waals surface area contributed by atoms with Crippen molar-refractivity contribution in [1.82, 2.24) is 4.90 Å². The molecule has 2 rings (SSSR count). The molecule has 0 saturated carbocycles. The van der Waals surface area contributed by atoms with Crippen LogP contribution in [0.4, 0.5) is 4.79 Å². The second-order valence-corrected chi connectivity index (χ2v) is 9.04. The maximum absolute atomic E-state index is 12.7. The average Bonchev–Trinajstić information content (AvgIpc) is 3.11. The molecule has 1 aromatic rings. The lowest BCUT2D eigenvalue weighted by atomic mass is 9.84. The maximum atomic E-state index is 12.7. The Morgan fingerprint density at radius 2 is 1.84 bits per heavy atom. The van der Waals surface area contributed by atoms with Crippen LogP contribution in [0.15, 0.2) is 12.1 Å². The minimum atomic E-state index is -0.670. The molecule has 0 unspecified atom stereocenters. The quantitative estimate of drug-likeness (QED) is 0.462. The number of carbonyl (C=O) groups excluding carboxylic acids is 3. The molecular weight excluding hydrogens is 422 g/mol. The summed E-state index contributed by atoms with van der Waals surface area (Å²) in [4.78, 5) is 39.5. The van der Waals surface area contributed by atoms with E-state index in [4.69, 9.17) is 25.8 Å². The molecule has 7 nitrogen and oxygen atoms in total. The molecule has 0 bridgehead atoms. The monoisotopic (exact) mass is 453 g/mol. The Hall–Kier alpha value is -2.28. The SMILES string of the molecule is CCCc1cc(Cl)c(C(=O)OCC)c([C@@H]2CN(C(=O)OC(C)(C)C)C[C@H]2C(=O)OC)c1. The number of esters is 2. The number of halogens is 1. The predicted octanol–water partition coefficient (Wildman–Crippen LogP) is 4.59. The van der Waals surface area contributed by atoms with Crippen molar-refractivity contribution >= 4 is 29.6 Å². The number of carbonyl (C=O) groups is 3. The van der Waals surface area contributed by atoms with Crippen LogP contribution in [0.2, 0.25) is 5.02 Å². The molecule has 1 aliphatic rings. The van der Waals surface area contributed by atoms with Crippen molar-refractivity contribution in [1.29, 1.82) is 0 Å². The highest BCUT2D eigenvalue weighted by Gasteiger charge is 2.44. The Bertz CT molecular complexity index is 832. The molecule has 1 fully saturated rings. The van der Waals surface area contributed by atoms with E-state index >= 15 is 0 Å². The van der Waals surface area contributed by atoms with Crippen LogP contribution < -0.4 is 0 Å². The molecule has 1 saturated heterocycles. The van der Waals surface area contributed by atoms with Crippen LogP contribution in [-0.4, -0.2) is 55.3 Å². The Kier molecular flexibility index (Phi) is 8.34. The van der Waals surface area contributed by atoms with Gasteiger partial charge >= 0.3 is 18.0 Å². The van der Waals surface area contributed by atoms with Gasteiger partial charge in [0, 0.05) is 19.0 Å². The van der Waals surface area contributed by atoms with Gasteiger partial charge in [-0.05, 0) is 51.3 Å². The number of benzene rings is 1. The van der Waals surface area contributed by atoms with Crippen LogP contribution in [0.5, 0.6) is 0 Å². The van der Waals surface area contributed by atoms with E-state index in [0.29, 0.717) is 5.56 Å². The molecule has 0 N–H and O–H groups in total. The zero-order chi connectivity index (χ0) is 23.3. The van der Waals surface area contributed by atoms with E-state index in [0.717, 1.165) is 18.4 Å². The lowest BCUT2D eigenvalue weighted by Gasteiger charge is -2.24. The Morgan fingerprint density at radius 1 is 1.16 bits per heavy atom. The van der Waals surface area contributed by atoms with E-state index in [2.05, 4.69) is 0 Å². The van der Waals surface area contributed by atoms with Gasteiger partial charge in [0.2, 0.25) is 0 Å². The second kappa shape index (κ2) is 10.4. The normalized spacial score (nSPS) is 18.6. The van der Waals surface area contributed by atoms with Gasteiger partial charge in [-0.2, -0.15) is 0 Å². The van der Waals surface area contributed by atoms with E-state index in [-0.39, 0.29) is 30.3 Å². The first kappa shape index (κ1) is 25.0. The standard InChI is InChI=1S/C23H32ClNO6/c1-7-9-14-10-15(19(18(24)11-14)21(27)30-8-2)16-12-25(13-17(16)20(26)29-6)22(28)31-23(3,4)5/h10-11,16-17H,7-9,12-13H2,1-6H3/t16-,17+/m0/s1. The lowest BCUT2D eigenvalue weighted by molar-refractivity contribution is -0.145. The summed E-state index contributed by atoms with van der Waals surface area (Å²) in [6.07, 6.45) is 1.14. The third kappa shape index (κ3) is 6.12. The summed E-state index contributed by atoms with van der Waals surface area (Å²) >= 11 is 6.50. The van der Waals surface area contributed by atoms with Crippen LogP contribution in [0.3, 0.4) is 0 Å². The molecule has 172 valence electrons. The van der Waals surface area contributed by atoms with Gasteiger partial charge in [-0.3, -0.25) is 4.79 Å². The fourth-order valence-electron chi connectivity index (χ4n) is 3.82. The van der Waals surface area contributed by atoms with E-state index in [1.54, 1.807) is 33.8 Å². The molecule has 1 aliphatic heterocycles. The minimum absolute atomic E-state index is 0.129. The number of hydrogen-bond donors (Lipinski definition) is 0. The Balaban J connectivity index is 2.54. The van der Waals surface area contributed by atoms with Crippen molar-refractivity contribution in [2.75, 3.05) is 26.8 Å². The smallest absolute Gasteiger partial charge is 0.410 e. The van der Waals surface area contributed by atoms with Gasteiger partial charge in [-0.15, -0.1) is 0 Å². The molecule has 0 radical (unpaired) electrons. The fourth-order valence-corrected chi connectivity index (χ4v) is 4.14. The third-order valence-corrected chi connectivity index (χ3v) is 5.37. The van der Waals surface area contributed by atoms with Crippen molar-refractivity contribution < 1.29 is 28.6 Å². The molecular formula is C23H32ClNO6. The third-order valence-electron chi connectivity index (χ3n) is 5.07. The number of nitrogens with zero attached hydrogens (tertiary/aromatic N) is 1. The van der Waals surface area contributed by atoms with Crippen LogP contribution >= 0.6 is 11.6 Å². The van der Waals surface area contributed by atoms with Crippen LogP contribution in [-0.2, 0) is 25.4 Å². The summed E-state index contributed by atoms with van der Waals surface area (Å²) in [5.74, 6) is -2.14. The number of rotatable bonds is 6. The molecule has 0 aliphatic carbocycles. The van der Waals surface area contributed by atoms with E-state index in [1.807, 2.05) is 13.0 Å². The summed E-state index contributed by atoms with van der Waals surface area (Å²) < 4.78 is 15.7. The number of methoxy groups -OCH3 is 1. The summed E-state index contributed by atoms with van der Waals surface area (Å²) in [7, 11) is 1.31. The Morgan fingerprint density at radius 3 is 2.39 bits per heavy atom. The zero-order valence-electron chi connectivity index (χ0n) is 19.1. The Labute approximate surface area is 189 Å². The number of amides is 1. The highest BCUT2D eigenvalue weighted by molar-refractivity contribution is 6.33. The van der Waals surface area contributed by atoms with Crippen molar-refractivity contribution in [2.45, 2.75) is 59.0 Å². The highest BCUT2D eigenvalue weighted by Crippen LogP contribution is 2.39. The maximum Gasteiger partial charge on any atom is 0.410 e. The van der Waals surface area contributed by atoms with Crippen LogP contribution in [0.25, 0.3) is 0 Å². The zero-order valence-corrected chi connectivity index (χ0v) is 19.9. The summed E-state index contributed by atoms with van der Waals surface area (Å²) in [6, 6.07) is 3.65. The molecule has 1 heterocycles. The number of ether oxygens (including phenoxy) is 3. The predicted molar refractivity (Wildman–Crippen MR) is 117 cm³/mol. The first-order valence-electron chi connectivity index (χ1n) is 10.6. The minimum Gasteiger partial charge on any atom is -0.469 e. The van der Waals surface area contributed by atoms with Crippen molar-refractivity contribution in [3.05, 3.63) is 33.8 Å². The topological polar surface area (TPSA) is 82.1 Å². The molecule has 1 aromatic carbocycles. The summed E-state index contributed by atoms with van der Waals surface area (Å²) in [5, 5.41) is 0.277. The first-order valence-corrected chi connectivity index (χ1v) is 10.9. The lowest BCUT2D eigenvalue weighted by Crippen LogP contribution is -2.36. The van der Waals surface area contributed by atoms with Gasteiger partial charge in [-0.25, -0.2) is 9.59 Å². The van der Waals surface area contributed by atoms with Crippen molar-refractivity contribution in [3.63, 3.8) is 0 Å². The van der Waals surface area contributed by atoms with Gasteiger partial charge in [0.25, 0.3) is 0 Å². The van der Waals surface area contributed by atoms with E-state index in [9.17, 15) is 14.4 Å².